The molecule has 2 heterocycles. The molecule has 2 saturated heterocycles. The summed E-state index contributed by atoms with van der Waals surface area (Å²) in [7, 11) is 0. The van der Waals surface area contributed by atoms with Gasteiger partial charge in [-0.15, -0.1) is 0 Å². The van der Waals surface area contributed by atoms with Gasteiger partial charge in [-0.05, 0) is 75.9 Å². The fourth-order valence-corrected chi connectivity index (χ4v) is 4.08. The molecule has 1 aromatic rings. The van der Waals surface area contributed by atoms with E-state index < -0.39 is 0 Å². The van der Waals surface area contributed by atoms with Crippen LogP contribution in [0.1, 0.15) is 49.9 Å². The number of hydrogen-bond donors (Lipinski definition) is 1. The number of carbonyl (C=O) groups is 3. The minimum atomic E-state index is -0.129. The zero-order valence-electron chi connectivity index (χ0n) is 18.1. The van der Waals surface area contributed by atoms with Gasteiger partial charge in [0.15, 0.2) is 0 Å². The Morgan fingerprint density at radius 2 is 1.63 bits per heavy atom. The second-order valence-electron chi connectivity index (χ2n) is 8.40. The molecule has 1 aromatic carbocycles. The maximum absolute atomic E-state index is 12.6. The Balaban J connectivity index is 1.44. The van der Waals surface area contributed by atoms with E-state index in [-0.39, 0.29) is 23.7 Å². The van der Waals surface area contributed by atoms with Crippen molar-refractivity contribution in [3.63, 3.8) is 0 Å². The monoisotopic (exact) mass is 415 g/mol. The highest BCUT2D eigenvalue weighted by atomic mass is 16.5. The van der Waals surface area contributed by atoms with Gasteiger partial charge in [0.05, 0.1) is 19.1 Å². The number of hydrogen-bond acceptors (Lipinski definition) is 5. The van der Waals surface area contributed by atoms with Crippen LogP contribution in [-0.4, -0.2) is 66.9 Å². The van der Waals surface area contributed by atoms with Crippen molar-refractivity contribution >= 4 is 23.5 Å². The zero-order chi connectivity index (χ0) is 21.5. The largest absolute Gasteiger partial charge is 0.466 e. The van der Waals surface area contributed by atoms with Crippen molar-refractivity contribution in [2.45, 2.75) is 39.5 Å². The summed E-state index contributed by atoms with van der Waals surface area (Å²) in [4.78, 5) is 40.8. The SMILES string of the molecule is CCOC(=O)C1CCN(CC(=O)Nc2ccc(C(=O)N3CCC(C)CC3)cc2)CC1. The first kappa shape index (κ1) is 22.3. The zero-order valence-corrected chi connectivity index (χ0v) is 18.1. The van der Waals surface area contributed by atoms with Crippen LogP contribution in [0, 0.1) is 11.8 Å². The molecule has 0 aliphatic carbocycles. The number of rotatable bonds is 6. The predicted octanol–water partition coefficient (Wildman–Crippen LogP) is 2.77. The predicted molar refractivity (Wildman–Crippen MR) is 115 cm³/mol. The first-order valence-corrected chi connectivity index (χ1v) is 11.0. The molecule has 0 spiro atoms. The molecule has 2 fully saturated rings. The molecule has 0 atom stereocenters. The Bertz CT molecular complexity index is 733. The molecule has 164 valence electrons. The quantitative estimate of drug-likeness (QED) is 0.723. The molecule has 0 radical (unpaired) electrons. The smallest absolute Gasteiger partial charge is 0.309 e. The third kappa shape index (κ3) is 6.05. The molecule has 2 amide bonds. The second kappa shape index (κ2) is 10.6. The van der Waals surface area contributed by atoms with E-state index in [0.29, 0.717) is 43.4 Å². The van der Waals surface area contributed by atoms with E-state index in [0.717, 1.165) is 38.8 Å². The molecule has 0 saturated carbocycles. The maximum atomic E-state index is 12.6. The van der Waals surface area contributed by atoms with Crippen LogP contribution in [0.3, 0.4) is 0 Å². The number of esters is 1. The molecular weight excluding hydrogens is 382 g/mol. The van der Waals surface area contributed by atoms with Crippen LogP contribution in [0.4, 0.5) is 5.69 Å². The van der Waals surface area contributed by atoms with Crippen molar-refractivity contribution in [2.24, 2.45) is 11.8 Å². The standard InChI is InChI=1S/C23H33N3O4/c1-3-30-23(29)19-10-12-25(13-11-19)16-21(27)24-20-6-4-18(5-7-20)22(28)26-14-8-17(2)9-15-26/h4-7,17,19H,3,8-16H2,1-2H3,(H,24,27). The normalized spacial score (nSPS) is 18.8. The van der Waals surface area contributed by atoms with Crippen LogP contribution >= 0.6 is 0 Å². The van der Waals surface area contributed by atoms with Crippen molar-refractivity contribution in [1.29, 1.82) is 0 Å². The average molecular weight is 416 g/mol. The van der Waals surface area contributed by atoms with E-state index in [1.54, 1.807) is 24.3 Å². The van der Waals surface area contributed by atoms with Crippen LogP contribution in [-0.2, 0) is 14.3 Å². The lowest BCUT2D eigenvalue weighted by Gasteiger charge is -2.30. The van der Waals surface area contributed by atoms with Crippen molar-refractivity contribution in [1.82, 2.24) is 9.80 Å². The summed E-state index contributed by atoms with van der Waals surface area (Å²) in [6, 6.07) is 7.12. The molecule has 7 nitrogen and oxygen atoms in total. The third-order valence-corrected chi connectivity index (χ3v) is 6.06. The minimum Gasteiger partial charge on any atom is -0.466 e. The summed E-state index contributed by atoms with van der Waals surface area (Å²) >= 11 is 0. The van der Waals surface area contributed by atoms with Gasteiger partial charge >= 0.3 is 5.97 Å². The molecule has 0 unspecified atom stereocenters. The van der Waals surface area contributed by atoms with Crippen LogP contribution in [0.15, 0.2) is 24.3 Å². The number of piperidine rings is 2. The van der Waals surface area contributed by atoms with Gasteiger partial charge in [0.1, 0.15) is 0 Å². The Morgan fingerprint density at radius 3 is 2.23 bits per heavy atom. The van der Waals surface area contributed by atoms with Gasteiger partial charge in [-0.3, -0.25) is 19.3 Å². The van der Waals surface area contributed by atoms with Crippen LogP contribution in [0.2, 0.25) is 0 Å². The molecule has 0 aromatic heterocycles. The van der Waals surface area contributed by atoms with E-state index >= 15 is 0 Å². The van der Waals surface area contributed by atoms with Gasteiger partial charge in [-0.25, -0.2) is 0 Å². The van der Waals surface area contributed by atoms with Gasteiger partial charge < -0.3 is 15.0 Å². The summed E-state index contributed by atoms with van der Waals surface area (Å²) in [5.41, 5.74) is 1.34. The van der Waals surface area contributed by atoms with Crippen LogP contribution in [0.25, 0.3) is 0 Å². The molecule has 0 bridgehead atoms. The fraction of sp³-hybridized carbons (Fsp3) is 0.609. The summed E-state index contributed by atoms with van der Waals surface area (Å²) in [5, 5.41) is 2.90. The Labute approximate surface area is 178 Å². The molecular formula is C23H33N3O4. The molecule has 7 heteroatoms. The summed E-state index contributed by atoms with van der Waals surface area (Å²) < 4.78 is 5.08. The average Bonchev–Trinajstić information content (AvgIpc) is 2.75. The van der Waals surface area contributed by atoms with Crippen molar-refractivity contribution in [3.8, 4) is 0 Å². The van der Waals surface area contributed by atoms with Gasteiger partial charge in [0, 0.05) is 24.3 Å². The number of benzene rings is 1. The lowest BCUT2D eigenvalue weighted by molar-refractivity contribution is -0.149. The third-order valence-electron chi connectivity index (χ3n) is 6.06. The van der Waals surface area contributed by atoms with E-state index in [2.05, 4.69) is 17.1 Å². The molecule has 3 rings (SSSR count). The number of carbonyl (C=O) groups excluding carboxylic acids is 3. The number of nitrogens with zero attached hydrogens (tertiary/aromatic N) is 2. The van der Waals surface area contributed by atoms with E-state index in [9.17, 15) is 14.4 Å². The maximum Gasteiger partial charge on any atom is 0.309 e. The Hall–Kier alpha value is -2.41. The van der Waals surface area contributed by atoms with Crippen molar-refractivity contribution in [2.75, 3.05) is 44.6 Å². The molecule has 1 N–H and O–H groups in total. The minimum absolute atomic E-state index is 0.0579. The summed E-state index contributed by atoms with van der Waals surface area (Å²) in [6.45, 7) is 7.77. The highest BCUT2D eigenvalue weighted by Gasteiger charge is 2.27. The molecule has 2 aliphatic heterocycles. The first-order valence-electron chi connectivity index (χ1n) is 11.0. The van der Waals surface area contributed by atoms with E-state index in [1.165, 1.54) is 0 Å². The topological polar surface area (TPSA) is 79.0 Å². The van der Waals surface area contributed by atoms with Gasteiger partial charge in [-0.2, -0.15) is 0 Å². The Kier molecular flexibility index (Phi) is 7.85. The highest BCUT2D eigenvalue weighted by molar-refractivity contribution is 5.96. The molecule has 30 heavy (non-hydrogen) atoms. The van der Waals surface area contributed by atoms with Crippen LogP contribution < -0.4 is 5.32 Å². The van der Waals surface area contributed by atoms with Crippen molar-refractivity contribution < 1.29 is 19.1 Å². The van der Waals surface area contributed by atoms with Gasteiger partial charge in [0.2, 0.25) is 5.91 Å². The number of amides is 2. The number of anilines is 1. The van der Waals surface area contributed by atoms with Crippen LogP contribution in [0.5, 0.6) is 0 Å². The number of nitrogens with one attached hydrogen (secondary N) is 1. The van der Waals surface area contributed by atoms with Gasteiger partial charge in [0.25, 0.3) is 5.91 Å². The van der Waals surface area contributed by atoms with E-state index in [1.807, 2.05) is 11.8 Å². The summed E-state index contributed by atoms with van der Waals surface area (Å²) in [6.07, 6.45) is 3.55. The Morgan fingerprint density at radius 1 is 1.00 bits per heavy atom. The highest BCUT2D eigenvalue weighted by Crippen LogP contribution is 2.20. The lowest BCUT2D eigenvalue weighted by Crippen LogP contribution is -2.41. The van der Waals surface area contributed by atoms with Gasteiger partial charge in [-0.1, -0.05) is 6.92 Å². The number of likely N-dealkylation sites (tertiary alicyclic amines) is 2. The number of ether oxygens (including phenoxy) is 1. The summed E-state index contributed by atoms with van der Waals surface area (Å²) in [5.74, 6) is 0.466. The molecule has 2 aliphatic rings. The second-order valence-corrected chi connectivity index (χ2v) is 8.40. The lowest BCUT2D eigenvalue weighted by atomic mass is 9.97. The van der Waals surface area contributed by atoms with Crippen molar-refractivity contribution in [3.05, 3.63) is 29.8 Å². The fourth-order valence-electron chi connectivity index (χ4n) is 4.08. The first-order chi connectivity index (χ1) is 14.5. The van der Waals surface area contributed by atoms with E-state index in [4.69, 9.17) is 4.74 Å².